The number of hydrogen-bond acceptors (Lipinski definition) is 4. The fourth-order valence-electron chi connectivity index (χ4n) is 1.66. The Hall–Kier alpha value is -1.48. The number of halogens is 2. The second-order valence-electron chi connectivity index (χ2n) is 3.78. The van der Waals surface area contributed by atoms with Crippen molar-refractivity contribution >= 4 is 35.0 Å². The van der Waals surface area contributed by atoms with E-state index >= 15 is 0 Å². The molecule has 0 amide bonds. The minimum Gasteiger partial charge on any atom is -0.298 e. The summed E-state index contributed by atoms with van der Waals surface area (Å²) < 4.78 is 1.87. The van der Waals surface area contributed by atoms with Crippen LogP contribution < -0.4 is 0 Å². The SMILES string of the molecule is C=CCn1c(SCC#N)nnc1-c1ccc(Cl)cc1Cl. The number of aromatic nitrogens is 3. The molecule has 0 bridgehead atoms. The average Bonchev–Trinajstić information content (AvgIpc) is 2.80. The highest BCUT2D eigenvalue weighted by Gasteiger charge is 2.15. The van der Waals surface area contributed by atoms with Crippen LogP contribution in [0.1, 0.15) is 0 Å². The molecule has 4 nitrogen and oxygen atoms in total. The van der Waals surface area contributed by atoms with Crippen molar-refractivity contribution in [3.05, 3.63) is 40.9 Å². The van der Waals surface area contributed by atoms with Crippen molar-refractivity contribution in [1.82, 2.24) is 14.8 Å². The molecule has 0 atom stereocenters. The summed E-state index contributed by atoms with van der Waals surface area (Å²) in [5, 5.41) is 18.6. The van der Waals surface area contributed by atoms with Crippen LogP contribution in [-0.2, 0) is 6.54 Å². The molecule has 1 aromatic carbocycles. The van der Waals surface area contributed by atoms with E-state index in [9.17, 15) is 0 Å². The lowest BCUT2D eigenvalue weighted by atomic mass is 10.2. The van der Waals surface area contributed by atoms with E-state index in [1.165, 1.54) is 11.8 Å². The molecular formula is C13H10Cl2N4S. The first-order valence-electron chi connectivity index (χ1n) is 5.66. The fourth-order valence-corrected chi connectivity index (χ4v) is 2.76. The molecule has 0 aliphatic rings. The maximum Gasteiger partial charge on any atom is 0.192 e. The van der Waals surface area contributed by atoms with Gasteiger partial charge in [0.05, 0.1) is 16.8 Å². The number of rotatable bonds is 5. The van der Waals surface area contributed by atoms with Crippen molar-refractivity contribution in [3.63, 3.8) is 0 Å². The van der Waals surface area contributed by atoms with Crippen LogP contribution in [0.3, 0.4) is 0 Å². The molecule has 0 radical (unpaired) electrons. The number of thioether (sulfide) groups is 1. The third-order valence-corrected chi connectivity index (χ3v) is 3.85. The second kappa shape index (κ2) is 6.80. The quantitative estimate of drug-likeness (QED) is 0.615. The summed E-state index contributed by atoms with van der Waals surface area (Å²) in [5.41, 5.74) is 0.745. The molecule has 7 heteroatoms. The Morgan fingerprint density at radius 1 is 1.40 bits per heavy atom. The zero-order chi connectivity index (χ0) is 14.5. The van der Waals surface area contributed by atoms with Gasteiger partial charge >= 0.3 is 0 Å². The van der Waals surface area contributed by atoms with Gasteiger partial charge in [-0.2, -0.15) is 5.26 Å². The van der Waals surface area contributed by atoms with E-state index in [4.69, 9.17) is 28.5 Å². The molecule has 0 saturated heterocycles. The first kappa shape index (κ1) is 14.9. The normalized spacial score (nSPS) is 10.2. The van der Waals surface area contributed by atoms with Gasteiger partial charge in [-0.1, -0.05) is 41.0 Å². The average molecular weight is 325 g/mol. The Labute approximate surface area is 131 Å². The summed E-state index contributed by atoms with van der Waals surface area (Å²) in [6.45, 7) is 4.26. The summed E-state index contributed by atoms with van der Waals surface area (Å²) in [6, 6.07) is 7.27. The Bertz CT molecular complexity index is 675. The molecular weight excluding hydrogens is 315 g/mol. The van der Waals surface area contributed by atoms with Crippen molar-refractivity contribution < 1.29 is 0 Å². The van der Waals surface area contributed by atoms with E-state index in [2.05, 4.69) is 22.8 Å². The van der Waals surface area contributed by atoms with Gasteiger partial charge in [0.1, 0.15) is 0 Å². The van der Waals surface area contributed by atoms with Crippen LogP contribution >= 0.6 is 35.0 Å². The first-order chi connectivity index (χ1) is 9.67. The van der Waals surface area contributed by atoms with E-state index in [-0.39, 0.29) is 0 Å². The second-order valence-corrected chi connectivity index (χ2v) is 5.56. The van der Waals surface area contributed by atoms with E-state index in [0.29, 0.717) is 33.3 Å². The summed E-state index contributed by atoms with van der Waals surface area (Å²) in [7, 11) is 0. The molecule has 0 aliphatic heterocycles. The molecule has 0 unspecified atom stereocenters. The van der Waals surface area contributed by atoms with Crippen molar-refractivity contribution in [2.45, 2.75) is 11.7 Å². The third-order valence-electron chi connectivity index (χ3n) is 2.47. The molecule has 0 aliphatic carbocycles. The van der Waals surface area contributed by atoms with Crippen molar-refractivity contribution in [2.75, 3.05) is 5.75 Å². The van der Waals surface area contributed by atoms with Crippen molar-refractivity contribution in [2.24, 2.45) is 0 Å². The standard InChI is InChI=1S/C13H10Cl2N4S/c1-2-6-19-12(17-18-13(19)20-7-5-16)10-4-3-9(14)8-11(10)15/h2-4,8H,1,6-7H2. The molecule has 1 aromatic heterocycles. The van der Waals surface area contributed by atoms with E-state index < -0.39 is 0 Å². The molecule has 0 spiro atoms. The van der Waals surface area contributed by atoms with E-state index in [0.717, 1.165) is 5.56 Å². The van der Waals surface area contributed by atoms with Gasteiger partial charge in [-0.15, -0.1) is 16.8 Å². The number of nitriles is 1. The first-order valence-corrected chi connectivity index (χ1v) is 7.40. The van der Waals surface area contributed by atoms with Gasteiger partial charge < -0.3 is 0 Å². The molecule has 102 valence electrons. The van der Waals surface area contributed by atoms with Crippen LogP contribution in [-0.4, -0.2) is 20.5 Å². The topological polar surface area (TPSA) is 54.5 Å². The van der Waals surface area contributed by atoms with Gasteiger partial charge in [-0.3, -0.25) is 4.57 Å². The fraction of sp³-hybridized carbons (Fsp3) is 0.154. The lowest BCUT2D eigenvalue weighted by molar-refractivity contribution is 0.732. The van der Waals surface area contributed by atoms with Gasteiger partial charge in [0.25, 0.3) is 0 Å². The Kier molecular flexibility index (Phi) is 5.07. The molecule has 2 aromatic rings. The molecule has 0 saturated carbocycles. The smallest absolute Gasteiger partial charge is 0.192 e. The number of nitrogens with zero attached hydrogens (tertiary/aromatic N) is 4. The predicted molar refractivity (Wildman–Crippen MR) is 82.0 cm³/mol. The minimum atomic E-state index is 0.309. The van der Waals surface area contributed by atoms with Gasteiger partial charge in [0.2, 0.25) is 0 Å². The maximum absolute atomic E-state index is 8.66. The van der Waals surface area contributed by atoms with Gasteiger partial charge in [0.15, 0.2) is 11.0 Å². The minimum absolute atomic E-state index is 0.309. The van der Waals surface area contributed by atoms with Crippen LogP contribution in [0.4, 0.5) is 0 Å². The largest absolute Gasteiger partial charge is 0.298 e. The number of allylic oxidation sites excluding steroid dienone is 1. The maximum atomic E-state index is 8.66. The van der Waals surface area contributed by atoms with Crippen LogP contribution in [0.15, 0.2) is 36.0 Å². The van der Waals surface area contributed by atoms with Crippen LogP contribution in [0, 0.1) is 11.3 Å². The molecule has 0 fully saturated rings. The highest BCUT2D eigenvalue weighted by molar-refractivity contribution is 7.99. The van der Waals surface area contributed by atoms with Crippen LogP contribution in [0.25, 0.3) is 11.4 Å². The molecule has 1 heterocycles. The Morgan fingerprint density at radius 2 is 2.20 bits per heavy atom. The lowest BCUT2D eigenvalue weighted by Crippen LogP contribution is -2.01. The number of hydrogen-bond donors (Lipinski definition) is 0. The Balaban J connectivity index is 2.48. The predicted octanol–water partition coefficient (Wildman–Crippen LogP) is 4.05. The van der Waals surface area contributed by atoms with Crippen LogP contribution in [0.5, 0.6) is 0 Å². The molecule has 2 rings (SSSR count). The van der Waals surface area contributed by atoms with Crippen LogP contribution in [0.2, 0.25) is 10.0 Å². The van der Waals surface area contributed by atoms with E-state index in [1.807, 2.05) is 4.57 Å². The summed E-state index contributed by atoms with van der Waals surface area (Å²) in [6.07, 6.45) is 1.74. The number of benzene rings is 1. The monoisotopic (exact) mass is 324 g/mol. The highest BCUT2D eigenvalue weighted by Crippen LogP contribution is 2.31. The van der Waals surface area contributed by atoms with Crippen molar-refractivity contribution in [3.8, 4) is 17.5 Å². The highest BCUT2D eigenvalue weighted by atomic mass is 35.5. The van der Waals surface area contributed by atoms with Gasteiger partial charge in [-0.05, 0) is 18.2 Å². The lowest BCUT2D eigenvalue weighted by Gasteiger charge is -2.08. The molecule has 20 heavy (non-hydrogen) atoms. The summed E-state index contributed by atoms with van der Waals surface area (Å²) >= 11 is 13.4. The molecule has 0 N–H and O–H groups in total. The Morgan fingerprint density at radius 3 is 2.85 bits per heavy atom. The summed E-state index contributed by atoms with van der Waals surface area (Å²) in [5.74, 6) is 0.941. The van der Waals surface area contributed by atoms with Gasteiger partial charge in [0, 0.05) is 17.1 Å². The van der Waals surface area contributed by atoms with Gasteiger partial charge in [-0.25, -0.2) is 0 Å². The zero-order valence-electron chi connectivity index (χ0n) is 10.4. The summed E-state index contributed by atoms with van der Waals surface area (Å²) in [4.78, 5) is 0. The van der Waals surface area contributed by atoms with Crippen molar-refractivity contribution in [1.29, 1.82) is 5.26 Å². The van der Waals surface area contributed by atoms with E-state index in [1.54, 1.807) is 24.3 Å². The third kappa shape index (κ3) is 3.15. The zero-order valence-corrected chi connectivity index (χ0v) is 12.7.